The van der Waals surface area contributed by atoms with Crippen LogP contribution in [0.25, 0.3) is 0 Å². The smallest absolute Gasteiger partial charge is 0.169 e. The summed E-state index contributed by atoms with van der Waals surface area (Å²) >= 11 is 3.52. The third-order valence-corrected chi connectivity index (χ3v) is 4.47. The molecule has 1 atom stereocenters. The monoisotopic (exact) mass is 310 g/mol. The molecule has 0 N–H and O–H groups in total. The summed E-state index contributed by atoms with van der Waals surface area (Å²) in [5.74, 6) is -0.354. The normalized spacial score (nSPS) is 26.7. The van der Waals surface area contributed by atoms with Crippen LogP contribution in [-0.2, 0) is 14.3 Å². The molecule has 1 saturated heterocycles. The van der Waals surface area contributed by atoms with E-state index in [2.05, 4.69) is 15.9 Å². The van der Waals surface area contributed by atoms with Gasteiger partial charge in [-0.1, -0.05) is 34.1 Å². The maximum Gasteiger partial charge on any atom is 0.169 e. The molecule has 1 aliphatic carbocycles. The Labute approximate surface area is 115 Å². The SMILES string of the molecule is O=C1CCC2(C[C@H]1c1ccccc1Br)OCCO2. The Morgan fingerprint density at radius 3 is 2.67 bits per heavy atom. The Kier molecular flexibility index (Phi) is 3.26. The van der Waals surface area contributed by atoms with Crippen molar-refractivity contribution in [1.82, 2.24) is 0 Å². The van der Waals surface area contributed by atoms with Gasteiger partial charge in [-0.3, -0.25) is 4.79 Å². The van der Waals surface area contributed by atoms with Crippen LogP contribution in [0.3, 0.4) is 0 Å². The third-order valence-electron chi connectivity index (χ3n) is 3.75. The first kappa shape index (κ1) is 12.3. The standard InChI is InChI=1S/C14H15BrO3/c15-12-4-2-1-3-10(12)11-9-14(6-5-13(11)16)17-7-8-18-14/h1-4,11H,5-9H2/t11-/m0/s1. The summed E-state index contributed by atoms with van der Waals surface area (Å²) in [6.07, 6.45) is 1.85. The zero-order valence-corrected chi connectivity index (χ0v) is 11.6. The second-order valence-electron chi connectivity index (χ2n) is 4.85. The minimum Gasteiger partial charge on any atom is -0.347 e. The molecule has 96 valence electrons. The number of rotatable bonds is 1. The molecule has 1 aromatic carbocycles. The Balaban J connectivity index is 1.90. The van der Waals surface area contributed by atoms with Crippen LogP contribution in [0.5, 0.6) is 0 Å². The molecule has 1 saturated carbocycles. The van der Waals surface area contributed by atoms with Crippen LogP contribution in [0.2, 0.25) is 0 Å². The van der Waals surface area contributed by atoms with Gasteiger partial charge in [-0.2, -0.15) is 0 Å². The van der Waals surface area contributed by atoms with Gasteiger partial charge >= 0.3 is 0 Å². The van der Waals surface area contributed by atoms with Gasteiger partial charge in [-0.05, 0) is 11.6 Å². The molecule has 1 spiro atoms. The highest BCUT2D eigenvalue weighted by atomic mass is 79.9. The number of carbonyl (C=O) groups excluding carboxylic acids is 1. The maximum atomic E-state index is 12.2. The third kappa shape index (κ3) is 2.13. The summed E-state index contributed by atoms with van der Waals surface area (Å²) in [7, 11) is 0. The molecule has 0 unspecified atom stereocenters. The summed E-state index contributed by atoms with van der Waals surface area (Å²) in [4.78, 5) is 12.2. The van der Waals surface area contributed by atoms with Crippen molar-refractivity contribution in [3.05, 3.63) is 34.3 Å². The van der Waals surface area contributed by atoms with E-state index in [9.17, 15) is 4.79 Å². The van der Waals surface area contributed by atoms with Crippen LogP contribution in [0, 0.1) is 0 Å². The number of hydrogen-bond donors (Lipinski definition) is 0. The van der Waals surface area contributed by atoms with Crippen LogP contribution in [0.1, 0.15) is 30.7 Å². The Bertz CT molecular complexity index is 466. The van der Waals surface area contributed by atoms with Crippen molar-refractivity contribution in [2.24, 2.45) is 0 Å². The number of benzene rings is 1. The van der Waals surface area contributed by atoms with Crippen molar-refractivity contribution in [3.8, 4) is 0 Å². The van der Waals surface area contributed by atoms with Crippen LogP contribution >= 0.6 is 15.9 Å². The van der Waals surface area contributed by atoms with Crippen molar-refractivity contribution < 1.29 is 14.3 Å². The average molecular weight is 311 g/mol. The fraction of sp³-hybridized carbons (Fsp3) is 0.500. The largest absolute Gasteiger partial charge is 0.347 e. The van der Waals surface area contributed by atoms with Crippen LogP contribution in [-0.4, -0.2) is 24.8 Å². The van der Waals surface area contributed by atoms with Crippen molar-refractivity contribution in [1.29, 1.82) is 0 Å². The summed E-state index contributed by atoms with van der Waals surface area (Å²) < 4.78 is 12.4. The fourth-order valence-corrected chi connectivity index (χ4v) is 3.38. The lowest BCUT2D eigenvalue weighted by Gasteiger charge is -2.35. The van der Waals surface area contributed by atoms with Crippen molar-refractivity contribution in [2.75, 3.05) is 13.2 Å². The topological polar surface area (TPSA) is 35.5 Å². The molecule has 4 heteroatoms. The van der Waals surface area contributed by atoms with E-state index >= 15 is 0 Å². The molecule has 3 nitrogen and oxygen atoms in total. The van der Waals surface area contributed by atoms with Crippen LogP contribution in [0.4, 0.5) is 0 Å². The first-order valence-corrected chi connectivity index (χ1v) is 7.05. The molecule has 2 aliphatic rings. The number of halogens is 1. The van der Waals surface area contributed by atoms with Gasteiger partial charge in [0.05, 0.1) is 13.2 Å². The molecule has 18 heavy (non-hydrogen) atoms. The van der Waals surface area contributed by atoms with Gasteiger partial charge in [0.1, 0.15) is 5.78 Å². The van der Waals surface area contributed by atoms with E-state index in [0.29, 0.717) is 32.5 Å². The van der Waals surface area contributed by atoms with Gasteiger partial charge in [-0.25, -0.2) is 0 Å². The maximum absolute atomic E-state index is 12.2. The zero-order chi connectivity index (χ0) is 12.6. The second kappa shape index (κ2) is 4.76. The average Bonchev–Trinajstić information content (AvgIpc) is 2.82. The van der Waals surface area contributed by atoms with Crippen LogP contribution in [0.15, 0.2) is 28.7 Å². The predicted molar refractivity (Wildman–Crippen MR) is 70.4 cm³/mol. The molecule has 0 bridgehead atoms. The number of carbonyl (C=O) groups is 1. The van der Waals surface area contributed by atoms with E-state index in [0.717, 1.165) is 10.0 Å². The van der Waals surface area contributed by atoms with Gasteiger partial charge < -0.3 is 9.47 Å². The second-order valence-corrected chi connectivity index (χ2v) is 5.71. The van der Waals surface area contributed by atoms with E-state index in [4.69, 9.17) is 9.47 Å². The molecule has 0 aromatic heterocycles. The van der Waals surface area contributed by atoms with Crippen molar-refractivity contribution in [2.45, 2.75) is 31.0 Å². The molecule has 1 aliphatic heterocycles. The Morgan fingerprint density at radius 2 is 1.94 bits per heavy atom. The highest BCUT2D eigenvalue weighted by Gasteiger charge is 2.45. The van der Waals surface area contributed by atoms with Crippen LogP contribution < -0.4 is 0 Å². The Morgan fingerprint density at radius 1 is 1.22 bits per heavy atom. The molecular weight excluding hydrogens is 296 g/mol. The van der Waals surface area contributed by atoms with Gasteiger partial charge in [-0.15, -0.1) is 0 Å². The van der Waals surface area contributed by atoms with Crippen molar-refractivity contribution in [3.63, 3.8) is 0 Å². The summed E-state index contributed by atoms with van der Waals surface area (Å²) in [6.45, 7) is 1.27. The van der Waals surface area contributed by atoms with E-state index in [-0.39, 0.29) is 11.7 Å². The molecule has 3 rings (SSSR count). The van der Waals surface area contributed by atoms with E-state index in [1.165, 1.54) is 0 Å². The van der Waals surface area contributed by atoms with Gasteiger partial charge in [0.2, 0.25) is 0 Å². The molecule has 1 aromatic rings. The first-order chi connectivity index (χ1) is 8.70. The quantitative estimate of drug-likeness (QED) is 0.800. The highest BCUT2D eigenvalue weighted by molar-refractivity contribution is 9.10. The van der Waals surface area contributed by atoms with E-state index < -0.39 is 5.79 Å². The molecule has 0 radical (unpaired) electrons. The first-order valence-electron chi connectivity index (χ1n) is 6.25. The van der Waals surface area contributed by atoms with Gasteiger partial charge in [0.15, 0.2) is 5.79 Å². The van der Waals surface area contributed by atoms with Crippen molar-refractivity contribution >= 4 is 21.7 Å². The lowest BCUT2D eigenvalue weighted by molar-refractivity contribution is -0.183. The number of Topliss-reactive ketones (excluding diaryl/α,β-unsaturated/α-hetero) is 1. The fourth-order valence-electron chi connectivity index (χ4n) is 2.82. The summed E-state index contributed by atoms with van der Waals surface area (Å²) in [5, 5.41) is 0. The Hall–Kier alpha value is -0.710. The predicted octanol–water partition coefficient (Wildman–Crippen LogP) is 3.03. The summed E-state index contributed by atoms with van der Waals surface area (Å²) in [6, 6.07) is 7.89. The number of hydrogen-bond acceptors (Lipinski definition) is 3. The zero-order valence-electron chi connectivity index (χ0n) is 10.0. The van der Waals surface area contributed by atoms with E-state index in [1.54, 1.807) is 0 Å². The summed E-state index contributed by atoms with van der Waals surface area (Å²) in [5.41, 5.74) is 1.04. The lowest BCUT2D eigenvalue weighted by atomic mass is 9.79. The lowest BCUT2D eigenvalue weighted by Crippen LogP contribution is -2.39. The molecule has 0 amide bonds. The molecule has 2 fully saturated rings. The van der Waals surface area contributed by atoms with E-state index in [1.807, 2.05) is 24.3 Å². The van der Waals surface area contributed by atoms with Gasteiger partial charge in [0, 0.05) is 29.7 Å². The minimum atomic E-state index is -0.520. The minimum absolute atomic E-state index is 0.118. The molecular formula is C14H15BrO3. The molecule has 1 heterocycles. The van der Waals surface area contributed by atoms with Gasteiger partial charge in [0.25, 0.3) is 0 Å². The highest BCUT2D eigenvalue weighted by Crippen LogP contribution is 2.42. The number of ether oxygens (including phenoxy) is 2. The number of ketones is 1.